The van der Waals surface area contributed by atoms with E-state index < -0.39 is 17.9 Å². The van der Waals surface area contributed by atoms with Gasteiger partial charge in [-0.3, -0.25) is 9.59 Å². The summed E-state index contributed by atoms with van der Waals surface area (Å²) in [5.41, 5.74) is 3.83. The van der Waals surface area contributed by atoms with E-state index in [1.165, 1.54) is 14.0 Å². The molecule has 0 saturated carbocycles. The Kier molecular flexibility index (Phi) is 8.52. The van der Waals surface area contributed by atoms with Crippen LogP contribution in [0.3, 0.4) is 0 Å². The maximum atomic E-state index is 13.9. The first-order valence-corrected chi connectivity index (χ1v) is 13.1. The van der Waals surface area contributed by atoms with Crippen LogP contribution in [0.15, 0.2) is 58.9 Å². The predicted octanol–water partition coefficient (Wildman–Crippen LogP) is 4.95. The number of Topliss-reactive ketones (excluding diaryl/α,β-unsaturated/α-hetero) is 1. The lowest BCUT2D eigenvalue weighted by molar-refractivity contribution is -0.143. The van der Waals surface area contributed by atoms with Crippen LogP contribution in [0, 0.1) is 0 Å². The summed E-state index contributed by atoms with van der Waals surface area (Å²) in [6, 6.07) is 10.7. The Labute approximate surface area is 234 Å². The average Bonchev–Trinajstić information content (AvgIpc) is 2.91. The number of ketones is 1. The summed E-state index contributed by atoms with van der Waals surface area (Å²) in [6.45, 7) is 6.67. The van der Waals surface area contributed by atoms with E-state index in [9.17, 15) is 14.4 Å². The largest absolute Gasteiger partial charge is 0.493 e. The molecule has 9 nitrogen and oxygen atoms in total. The lowest BCUT2D eigenvalue weighted by Crippen LogP contribution is -2.36. The molecule has 0 aromatic heterocycles. The summed E-state index contributed by atoms with van der Waals surface area (Å²) >= 11 is 0. The first-order valence-electron chi connectivity index (χ1n) is 13.1. The third kappa shape index (κ3) is 5.68. The maximum absolute atomic E-state index is 13.9. The van der Waals surface area contributed by atoms with Crippen molar-refractivity contribution in [2.45, 2.75) is 58.5 Å². The fourth-order valence-corrected chi connectivity index (χ4v) is 5.37. The smallest absolute Gasteiger partial charge is 0.337 e. The molecule has 2 aromatic rings. The zero-order valence-electron chi connectivity index (χ0n) is 23.9. The van der Waals surface area contributed by atoms with Gasteiger partial charge in [-0.1, -0.05) is 12.1 Å². The molecule has 40 heavy (non-hydrogen) atoms. The molecule has 1 N–H and O–H groups in total. The molecule has 0 spiro atoms. The Balaban J connectivity index is 1.81. The number of esters is 2. The minimum absolute atomic E-state index is 0.0797. The number of rotatable bonds is 8. The summed E-state index contributed by atoms with van der Waals surface area (Å²) in [7, 11) is 4.62. The quantitative estimate of drug-likeness (QED) is 0.361. The van der Waals surface area contributed by atoms with Crippen molar-refractivity contribution in [1.29, 1.82) is 0 Å². The van der Waals surface area contributed by atoms with Crippen LogP contribution in [0.25, 0.3) is 0 Å². The van der Waals surface area contributed by atoms with Gasteiger partial charge in [-0.25, -0.2) is 4.79 Å². The Bertz CT molecular complexity index is 1400. The van der Waals surface area contributed by atoms with Gasteiger partial charge >= 0.3 is 11.9 Å². The molecule has 1 aliphatic carbocycles. The number of methoxy groups -OCH3 is 3. The third-order valence-corrected chi connectivity index (χ3v) is 7.04. The van der Waals surface area contributed by atoms with E-state index in [4.69, 9.17) is 23.7 Å². The minimum atomic E-state index is -0.693. The number of carbonyl (C=O) groups is 3. The molecular weight excluding hydrogens is 514 g/mol. The highest BCUT2D eigenvalue weighted by Gasteiger charge is 2.42. The molecule has 9 heteroatoms. The Morgan fingerprint density at radius 3 is 2.10 bits per heavy atom. The van der Waals surface area contributed by atoms with Gasteiger partial charge in [0.2, 0.25) is 0 Å². The first-order chi connectivity index (χ1) is 19.1. The van der Waals surface area contributed by atoms with Crippen LogP contribution >= 0.6 is 0 Å². The average molecular weight is 550 g/mol. The number of hydrogen-bond acceptors (Lipinski definition) is 9. The van der Waals surface area contributed by atoms with Gasteiger partial charge < -0.3 is 29.0 Å². The van der Waals surface area contributed by atoms with Gasteiger partial charge in [-0.15, -0.1) is 0 Å². The molecule has 0 bridgehead atoms. The van der Waals surface area contributed by atoms with Crippen LogP contribution in [0.4, 0.5) is 0 Å². The molecule has 0 amide bonds. The van der Waals surface area contributed by atoms with Crippen molar-refractivity contribution in [2.75, 3.05) is 21.3 Å². The van der Waals surface area contributed by atoms with Gasteiger partial charge in [-0.2, -0.15) is 0 Å². The Morgan fingerprint density at radius 1 is 0.875 bits per heavy atom. The number of carbonyl (C=O) groups excluding carboxylic acids is 3. The van der Waals surface area contributed by atoms with E-state index in [1.807, 2.05) is 25.1 Å². The van der Waals surface area contributed by atoms with Gasteiger partial charge in [0.1, 0.15) is 0 Å². The van der Waals surface area contributed by atoms with E-state index >= 15 is 0 Å². The van der Waals surface area contributed by atoms with Crippen LogP contribution < -0.4 is 24.3 Å². The van der Waals surface area contributed by atoms with Crippen molar-refractivity contribution in [1.82, 2.24) is 5.32 Å². The summed E-state index contributed by atoms with van der Waals surface area (Å²) < 4.78 is 27.2. The van der Waals surface area contributed by atoms with Crippen LogP contribution in [0.5, 0.6) is 23.0 Å². The number of allylic oxidation sites excluding steroid dienone is 3. The van der Waals surface area contributed by atoms with Crippen LogP contribution in [-0.2, 0) is 19.1 Å². The van der Waals surface area contributed by atoms with Crippen LogP contribution in [-0.4, -0.2) is 45.2 Å². The van der Waals surface area contributed by atoms with Crippen molar-refractivity contribution in [3.63, 3.8) is 0 Å². The standard InChI is InChI=1S/C31H35NO8/c1-16(2)39-31(35)28-17(3)32-22-12-21(19-8-10-24(36-5)26(14-19)37-6)13-23(34)30(22)29(28)20-9-11-25(40-18(4)33)27(15-20)38-7/h8-11,14-16,21,29,32H,12-13H2,1-7H3/t21-,29-/m0/s1. The molecule has 2 atom stereocenters. The second kappa shape index (κ2) is 11.9. The van der Waals surface area contributed by atoms with Crippen molar-refractivity contribution in [2.24, 2.45) is 0 Å². The summed E-state index contributed by atoms with van der Waals surface area (Å²) in [5, 5.41) is 3.35. The molecule has 1 heterocycles. The molecule has 4 rings (SSSR count). The monoisotopic (exact) mass is 549 g/mol. The summed E-state index contributed by atoms with van der Waals surface area (Å²) in [6.07, 6.45) is 0.460. The van der Waals surface area contributed by atoms with E-state index in [-0.39, 0.29) is 30.0 Å². The first kappa shape index (κ1) is 28.7. The second-order valence-corrected chi connectivity index (χ2v) is 10.1. The second-order valence-electron chi connectivity index (χ2n) is 10.1. The third-order valence-electron chi connectivity index (χ3n) is 7.04. The fourth-order valence-electron chi connectivity index (χ4n) is 5.37. The number of dihydropyridines is 1. The lowest BCUT2D eigenvalue weighted by Gasteiger charge is -2.37. The maximum Gasteiger partial charge on any atom is 0.337 e. The topological polar surface area (TPSA) is 109 Å². The molecule has 2 aromatic carbocycles. The van der Waals surface area contributed by atoms with Crippen molar-refractivity contribution in [3.8, 4) is 23.0 Å². The summed E-state index contributed by atoms with van der Waals surface area (Å²) in [4.78, 5) is 38.9. The molecule has 1 aliphatic heterocycles. The number of nitrogens with one attached hydrogen (secondary N) is 1. The van der Waals surface area contributed by atoms with Crippen LogP contribution in [0.1, 0.15) is 63.5 Å². The Morgan fingerprint density at radius 2 is 1.48 bits per heavy atom. The summed E-state index contributed by atoms with van der Waals surface area (Å²) in [5.74, 6) is -0.0965. The van der Waals surface area contributed by atoms with Crippen molar-refractivity contribution < 1.29 is 38.1 Å². The van der Waals surface area contributed by atoms with E-state index in [0.717, 1.165) is 11.3 Å². The van der Waals surface area contributed by atoms with E-state index in [1.54, 1.807) is 46.3 Å². The predicted molar refractivity (Wildman–Crippen MR) is 148 cm³/mol. The molecule has 0 unspecified atom stereocenters. The number of hydrogen-bond donors (Lipinski definition) is 1. The van der Waals surface area contributed by atoms with Crippen molar-refractivity contribution >= 4 is 17.7 Å². The van der Waals surface area contributed by atoms with Gasteiger partial charge in [0, 0.05) is 36.2 Å². The molecule has 2 aliphatic rings. The highest BCUT2D eigenvalue weighted by molar-refractivity contribution is 6.04. The van der Waals surface area contributed by atoms with Gasteiger partial charge in [-0.05, 0) is 68.5 Å². The molecule has 0 radical (unpaired) electrons. The van der Waals surface area contributed by atoms with Crippen molar-refractivity contribution in [3.05, 3.63) is 70.1 Å². The normalized spacial score (nSPS) is 18.6. The van der Waals surface area contributed by atoms with Gasteiger partial charge in [0.15, 0.2) is 28.8 Å². The molecular formula is C31H35NO8. The molecule has 0 fully saturated rings. The Hall–Kier alpha value is -4.27. The zero-order valence-corrected chi connectivity index (χ0v) is 23.9. The van der Waals surface area contributed by atoms with Gasteiger partial charge in [0.25, 0.3) is 0 Å². The van der Waals surface area contributed by atoms with Gasteiger partial charge in [0.05, 0.1) is 33.0 Å². The van der Waals surface area contributed by atoms with Crippen LogP contribution in [0.2, 0.25) is 0 Å². The lowest BCUT2D eigenvalue weighted by atomic mass is 9.71. The SMILES string of the molecule is COc1ccc([C@@H]2CC(=O)C3=C(C2)NC(C)=C(C(=O)OC(C)C)[C@@H]3c2ccc(OC(C)=O)c(OC)c2)cc1OC. The molecule has 0 saturated heterocycles. The molecule has 212 valence electrons. The van der Waals surface area contributed by atoms with E-state index in [2.05, 4.69) is 5.32 Å². The minimum Gasteiger partial charge on any atom is -0.493 e. The highest BCUT2D eigenvalue weighted by Crippen LogP contribution is 2.47. The highest BCUT2D eigenvalue weighted by atomic mass is 16.6. The number of ether oxygens (including phenoxy) is 5. The zero-order chi connectivity index (χ0) is 29.1. The fraction of sp³-hybridized carbons (Fsp3) is 0.387. The van der Waals surface area contributed by atoms with E-state index in [0.29, 0.717) is 46.1 Å². The number of benzene rings is 2.